The van der Waals surface area contributed by atoms with E-state index in [1.54, 1.807) is 18.2 Å². The van der Waals surface area contributed by atoms with E-state index in [4.69, 9.17) is 15.2 Å². The molecule has 0 fully saturated rings. The number of ether oxygens (including phenoxy) is 2. The molecule has 1 amide bonds. The van der Waals surface area contributed by atoms with Crippen molar-refractivity contribution >= 4 is 18.3 Å². The summed E-state index contributed by atoms with van der Waals surface area (Å²) in [4.78, 5) is 10.8. The van der Waals surface area contributed by atoms with Crippen molar-refractivity contribution in [3.05, 3.63) is 23.8 Å². The van der Waals surface area contributed by atoms with Crippen LogP contribution in [0.3, 0.4) is 0 Å². The summed E-state index contributed by atoms with van der Waals surface area (Å²) in [5.41, 5.74) is 5.49. The Labute approximate surface area is 88.4 Å². The number of halogens is 1. The number of benzene rings is 1. The zero-order valence-corrected chi connectivity index (χ0v) is 8.76. The highest BCUT2D eigenvalue weighted by Crippen LogP contribution is 2.27. The van der Waals surface area contributed by atoms with Gasteiger partial charge in [-0.1, -0.05) is 0 Å². The Morgan fingerprint density at radius 3 is 2.21 bits per heavy atom. The van der Waals surface area contributed by atoms with E-state index < -0.39 is 5.91 Å². The van der Waals surface area contributed by atoms with Gasteiger partial charge in [-0.3, -0.25) is 4.79 Å². The third-order valence-electron chi connectivity index (χ3n) is 1.67. The van der Waals surface area contributed by atoms with Gasteiger partial charge in [-0.15, -0.1) is 12.4 Å². The minimum Gasteiger partial charge on any atom is -0.493 e. The lowest BCUT2D eigenvalue weighted by molar-refractivity contribution is 0.1000. The minimum atomic E-state index is -0.485. The average Bonchev–Trinajstić information content (AvgIpc) is 2.16. The molecule has 14 heavy (non-hydrogen) atoms. The Hall–Kier alpha value is -1.42. The third-order valence-corrected chi connectivity index (χ3v) is 1.67. The van der Waals surface area contributed by atoms with E-state index in [-0.39, 0.29) is 12.4 Å². The number of hydrogen-bond donors (Lipinski definition) is 1. The van der Waals surface area contributed by atoms with Gasteiger partial charge in [0.05, 0.1) is 14.2 Å². The third kappa shape index (κ3) is 2.53. The lowest BCUT2D eigenvalue weighted by Gasteiger charge is -2.07. The average molecular weight is 218 g/mol. The predicted octanol–water partition coefficient (Wildman–Crippen LogP) is 1.22. The van der Waals surface area contributed by atoms with Crippen molar-refractivity contribution in [3.63, 3.8) is 0 Å². The monoisotopic (exact) mass is 217 g/mol. The molecule has 0 saturated carbocycles. The molecule has 0 atom stereocenters. The van der Waals surface area contributed by atoms with Crippen LogP contribution in [0.5, 0.6) is 11.5 Å². The quantitative estimate of drug-likeness (QED) is 0.828. The Morgan fingerprint density at radius 2 is 1.79 bits per heavy atom. The number of carbonyl (C=O) groups is 1. The van der Waals surface area contributed by atoms with Crippen molar-refractivity contribution in [2.24, 2.45) is 5.73 Å². The molecule has 1 aromatic rings. The Bertz CT molecular complexity index is 328. The summed E-state index contributed by atoms with van der Waals surface area (Å²) in [6.45, 7) is 0. The summed E-state index contributed by atoms with van der Waals surface area (Å²) in [6, 6.07) is 4.77. The number of methoxy groups -OCH3 is 2. The standard InChI is InChI=1S/C9H11NO3.ClH/c1-12-7-4-3-6(9(10)11)5-8(7)13-2;/h3-5H,1-2H3,(H2,10,11);1H. The van der Waals surface area contributed by atoms with Crippen LogP contribution in [0.2, 0.25) is 0 Å². The molecule has 1 aromatic carbocycles. The van der Waals surface area contributed by atoms with Gasteiger partial charge in [0.25, 0.3) is 0 Å². The van der Waals surface area contributed by atoms with E-state index in [1.807, 2.05) is 0 Å². The summed E-state index contributed by atoms with van der Waals surface area (Å²) < 4.78 is 9.99. The smallest absolute Gasteiger partial charge is 0.248 e. The van der Waals surface area contributed by atoms with Gasteiger partial charge in [0.2, 0.25) is 5.91 Å². The first kappa shape index (κ1) is 12.6. The van der Waals surface area contributed by atoms with Gasteiger partial charge in [0.1, 0.15) is 0 Å². The van der Waals surface area contributed by atoms with Gasteiger partial charge < -0.3 is 15.2 Å². The topological polar surface area (TPSA) is 61.5 Å². The Balaban J connectivity index is 0.00000169. The van der Waals surface area contributed by atoms with Crippen LogP contribution in [0, 0.1) is 0 Å². The van der Waals surface area contributed by atoms with Gasteiger partial charge in [-0.2, -0.15) is 0 Å². The first-order chi connectivity index (χ1) is 6.19. The molecule has 0 aromatic heterocycles. The SMILES string of the molecule is COc1ccc(C(N)=O)cc1OC.Cl. The molecule has 0 spiro atoms. The van der Waals surface area contributed by atoms with E-state index in [0.29, 0.717) is 17.1 Å². The Morgan fingerprint density at radius 1 is 1.21 bits per heavy atom. The zero-order valence-electron chi connectivity index (χ0n) is 7.94. The molecule has 0 saturated heterocycles. The number of primary amides is 1. The van der Waals surface area contributed by atoms with Crippen molar-refractivity contribution in [2.45, 2.75) is 0 Å². The second kappa shape index (κ2) is 5.34. The van der Waals surface area contributed by atoms with Crippen molar-refractivity contribution < 1.29 is 14.3 Å². The van der Waals surface area contributed by atoms with Crippen LogP contribution >= 0.6 is 12.4 Å². The highest BCUT2D eigenvalue weighted by molar-refractivity contribution is 5.93. The van der Waals surface area contributed by atoms with Crippen molar-refractivity contribution in [1.82, 2.24) is 0 Å². The molecule has 0 aliphatic carbocycles. The van der Waals surface area contributed by atoms with Crippen LogP contribution in [0.1, 0.15) is 10.4 Å². The van der Waals surface area contributed by atoms with E-state index in [2.05, 4.69) is 0 Å². The van der Waals surface area contributed by atoms with Gasteiger partial charge in [-0.25, -0.2) is 0 Å². The fourth-order valence-corrected chi connectivity index (χ4v) is 0.989. The summed E-state index contributed by atoms with van der Waals surface area (Å²) in [5, 5.41) is 0. The molecule has 0 bridgehead atoms. The van der Waals surface area contributed by atoms with Crippen LogP contribution in [0.15, 0.2) is 18.2 Å². The summed E-state index contributed by atoms with van der Waals surface area (Å²) in [6.07, 6.45) is 0. The molecular weight excluding hydrogens is 206 g/mol. The molecule has 0 aliphatic heterocycles. The maximum atomic E-state index is 10.8. The Kier molecular flexibility index (Phi) is 4.80. The molecule has 5 heteroatoms. The zero-order chi connectivity index (χ0) is 9.84. The van der Waals surface area contributed by atoms with Gasteiger partial charge in [0.15, 0.2) is 11.5 Å². The molecular formula is C9H12ClNO3. The molecule has 78 valence electrons. The lowest BCUT2D eigenvalue weighted by Crippen LogP contribution is -2.10. The van der Waals surface area contributed by atoms with Crippen molar-refractivity contribution in [3.8, 4) is 11.5 Å². The van der Waals surface area contributed by atoms with Crippen molar-refractivity contribution in [2.75, 3.05) is 14.2 Å². The largest absolute Gasteiger partial charge is 0.493 e. The first-order valence-electron chi connectivity index (χ1n) is 3.71. The first-order valence-corrected chi connectivity index (χ1v) is 3.71. The summed E-state index contributed by atoms with van der Waals surface area (Å²) in [7, 11) is 3.03. The lowest BCUT2D eigenvalue weighted by atomic mass is 10.2. The van der Waals surface area contributed by atoms with Gasteiger partial charge in [-0.05, 0) is 18.2 Å². The maximum absolute atomic E-state index is 10.8. The number of rotatable bonds is 3. The van der Waals surface area contributed by atoms with E-state index in [1.165, 1.54) is 14.2 Å². The molecule has 0 aliphatic rings. The number of carbonyl (C=O) groups excluding carboxylic acids is 1. The van der Waals surface area contributed by atoms with Crippen LogP contribution in [0.4, 0.5) is 0 Å². The molecule has 1 rings (SSSR count). The van der Waals surface area contributed by atoms with Crippen LogP contribution < -0.4 is 15.2 Å². The molecule has 0 unspecified atom stereocenters. The van der Waals surface area contributed by atoms with Crippen LogP contribution in [-0.2, 0) is 0 Å². The molecule has 4 nitrogen and oxygen atoms in total. The predicted molar refractivity (Wildman–Crippen MR) is 55.3 cm³/mol. The summed E-state index contributed by atoms with van der Waals surface area (Å²) >= 11 is 0. The molecule has 0 radical (unpaired) electrons. The number of hydrogen-bond acceptors (Lipinski definition) is 3. The van der Waals surface area contributed by atoms with Crippen LogP contribution in [-0.4, -0.2) is 20.1 Å². The highest BCUT2D eigenvalue weighted by atomic mass is 35.5. The fourth-order valence-electron chi connectivity index (χ4n) is 0.989. The second-order valence-electron chi connectivity index (χ2n) is 2.43. The van der Waals surface area contributed by atoms with Crippen LogP contribution in [0.25, 0.3) is 0 Å². The number of amides is 1. The van der Waals surface area contributed by atoms with E-state index in [0.717, 1.165) is 0 Å². The highest BCUT2D eigenvalue weighted by Gasteiger charge is 2.06. The second-order valence-corrected chi connectivity index (χ2v) is 2.43. The van der Waals surface area contributed by atoms with Crippen molar-refractivity contribution in [1.29, 1.82) is 0 Å². The molecule has 0 heterocycles. The minimum absolute atomic E-state index is 0. The van der Waals surface area contributed by atoms with Gasteiger partial charge in [0, 0.05) is 5.56 Å². The van der Waals surface area contributed by atoms with E-state index >= 15 is 0 Å². The fraction of sp³-hybridized carbons (Fsp3) is 0.222. The van der Waals surface area contributed by atoms with Gasteiger partial charge >= 0.3 is 0 Å². The van der Waals surface area contributed by atoms with E-state index in [9.17, 15) is 4.79 Å². The summed E-state index contributed by atoms with van der Waals surface area (Å²) in [5.74, 6) is 0.590. The maximum Gasteiger partial charge on any atom is 0.248 e. The molecule has 2 N–H and O–H groups in total. The normalized spacial score (nSPS) is 8.71. The number of nitrogens with two attached hydrogens (primary N) is 1.